The van der Waals surface area contributed by atoms with Gasteiger partial charge in [0.1, 0.15) is 11.2 Å². The third kappa shape index (κ3) is 12.8. The Hall–Kier alpha value is -15.4. The molecule has 3 heterocycles. The van der Waals surface area contributed by atoms with Crippen LogP contribution in [0, 0.1) is 0 Å². The number of aromatic nitrogens is 1. The van der Waals surface area contributed by atoms with Crippen LogP contribution in [0.2, 0.25) is 0 Å². The summed E-state index contributed by atoms with van der Waals surface area (Å²) in [4.78, 5) is 4.72. The van der Waals surface area contributed by atoms with Gasteiger partial charge in [0, 0.05) is 87.6 Å². The van der Waals surface area contributed by atoms with Crippen LogP contribution in [0.25, 0.3) is 179 Å². The van der Waals surface area contributed by atoms with Crippen molar-refractivity contribution in [3.05, 3.63) is 452 Å². The fourth-order valence-corrected chi connectivity index (χ4v) is 24.7. The number of fused-ring (bicyclic) bond motifs is 28. The second kappa shape index (κ2) is 31.1. The van der Waals surface area contributed by atoms with Crippen molar-refractivity contribution in [1.82, 2.24) is 4.57 Å². The third-order valence-corrected chi connectivity index (χ3v) is 34.2. The lowest BCUT2D eigenvalue weighted by Gasteiger charge is -2.48. The smallest absolute Gasteiger partial charge is 0.137 e. The summed E-state index contributed by atoms with van der Waals surface area (Å²) in [7, 11) is 0. The van der Waals surface area contributed by atoms with E-state index < -0.39 is 0 Å². The molecule has 660 valence electrons. The highest BCUT2D eigenvalue weighted by atomic mass is 32.1. The molecule has 21 aromatic carbocycles. The molecule has 137 heavy (non-hydrogen) atoms. The fourth-order valence-electron chi connectivity index (χ4n) is 23.6. The van der Waals surface area contributed by atoms with E-state index >= 15 is 0 Å². The van der Waals surface area contributed by atoms with Gasteiger partial charge in [-0.05, 0) is 327 Å². The molecule has 0 saturated carbocycles. The van der Waals surface area contributed by atoms with Crippen LogP contribution in [0.3, 0.4) is 0 Å². The molecule has 0 fully saturated rings. The molecule has 27 rings (SSSR count). The number of thiophene rings is 1. The van der Waals surface area contributed by atoms with Crippen LogP contribution in [-0.4, -0.2) is 4.57 Å². The Bertz CT molecular complexity index is 9100. The van der Waals surface area contributed by atoms with E-state index in [1.807, 2.05) is 23.5 Å². The molecule has 0 radical (unpaired) electrons. The van der Waals surface area contributed by atoms with Crippen LogP contribution < -0.4 is 9.80 Å². The summed E-state index contributed by atoms with van der Waals surface area (Å²) in [5.74, 6) is 0. The zero-order valence-electron chi connectivity index (χ0n) is 79.5. The Morgan fingerprint density at radius 1 is 0.204 bits per heavy atom. The molecule has 3 aromatic heterocycles. The van der Waals surface area contributed by atoms with Crippen molar-refractivity contribution >= 4 is 174 Å². The van der Waals surface area contributed by atoms with Gasteiger partial charge in [0.15, 0.2) is 0 Å². The molecule has 0 spiro atoms. The van der Waals surface area contributed by atoms with Crippen molar-refractivity contribution in [2.45, 2.75) is 116 Å². The van der Waals surface area contributed by atoms with Crippen molar-refractivity contribution in [1.29, 1.82) is 0 Å². The van der Waals surface area contributed by atoms with Gasteiger partial charge >= 0.3 is 0 Å². The number of rotatable bonds is 8. The van der Waals surface area contributed by atoms with E-state index in [2.05, 4.69) is 504 Å². The molecular weight excluding hydrogens is 1680 g/mol. The third-order valence-electron chi connectivity index (χ3n) is 33.1. The lowest BCUT2D eigenvalue weighted by atomic mass is 9.55. The molecule has 5 heteroatoms. The van der Waals surface area contributed by atoms with E-state index in [0.717, 1.165) is 56.1 Å². The van der Waals surface area contributed by atoms with Crippen LogP contribution in [-0.2, 0) is 32.5 Å². The predicted octanol–water partition coefficient (Wildman–Crippen LogP) is 37.7. The van der Waals surface area contributed by atoms with E-state index in [1.54, 1.807) is 0 Å². The van der Waals surface area contributed by atoms with E-state index in [4.69, 9.17) is 4.42 Å². The maximum Gasteiger partial charge on any atom is 0.137 e. The maximum atomic E-state index is 6.30. The van der Waals surface area contributed by atoms with E-state index in [0.29, 0.717) is 0 Å². The molecule has 24 aromatic rings. The molecule has 4 nitrogen and oxygen atoms in total. The minimum Gasteiger partial charge on any atom is -0.456 e. The van der Waals surface area contributed by atoms with Gasteiger partial charge < -0.3 is 18.8 Å². The number of hydrogen-bond donors (Lipinski definition) is 0. The first-order chi connectivity index (χ1) is 66.5. The normalized spacial score (nSPS) is 14.9. The fraction of sp³-hybridized carbons (Fsp3) is 0.136. The second-order valence-corrected chi connectivity index (χ2v) is 42.6. The summed E-state index contributed by atoms with van der Waals surface area (Å²) < 4.78 is 11.3. The quantitative estimate of drug-likeness (QED) is 0.142. The molecule has 0 amide bonds. The summed E-state index contributed by atoms with van der Waals surface area (Å²) in [5.41, 5.74) is 31.5. The topological polar surface area (TPSA) is 24.6 Å². The largest absolute Gasteiger partial charge is 0.456 e. The Kier molecular flexibility index (Phi) is 18.9. The first-order valence-corrected chi connectivity index (χ1v) is 49.2. The van der Waals surface area contributed by atoms with Crippen molar-refractivity contribution in [2.24, 2.45) is 0 Å². The van der Waals surface area contributed by atoms with Crippen LogP contribution in [0.1, 0.15) is 116 Å². The van der Waals surface area contributed by atoms with Crippen LogP contribution in [0.5, 0.6) is 0 Å². The second-order valence-electron chi connectivity index (χ2n) is 41.5. The van der Waals surface area contributed by atoms with Crippen LogP contribution >= 0.6 is 11.3 Å². The SMILES string of the molecule is CC1(C)c2ccccc2-c2c(ccc3c2ccc2ccc(-c4ccc5c(c4)c4ccccc4n5-c4ccccc4)cc23)C1(C)C.CC1(C)c2ccccc2-c2cc3c(ccc4cc(N(c5ccccc5)c5ccc6c(c5)oc5ccccc56)ccc43)cc2C1(C)C.CC1(C)c2ccccc2-c2cc3c(ccc4cc(N(c5ccccc5)c5ccc6sc7ccccc7c6c5)ccc43)cc2C1(C)C. The average molecular weight is 1780 g/mol. The molecule has 0 saturated heterocycles. The van der Waals surface area contributed by atoms with Crippen molar-refractivity contribution in [2.75, 3.05) is 9.80 Å². The lowest BCUT2D eigenvalue weighted by molar-refractivity contribution is 0.299. The number of para-hydroxylation sites is 5. The molecule has 0 aliphatic heterocycles. The highest BCUT2D eigenvalue weighted by Crippen LogP contribution is 2.60. The van der Waals surface area contributed by atoms with Gasteiger partial charge in [-0.25, -0.2) is 0 Å². The van der Waals surface area contributed by atoms with Gasteiger partial charge in [0.25, 0.3) is 0 Å². The minimum absolute atomic E-state index is 0.00395. The zero-order valence-corrected chi connectivity index (χ0v) is 80.3. The summed E-state index contributed by atoms with van der Waals surface area (Å²) in [6.07, 6.45) is 0. The van der Waals surface area contributed by atoms with Crippen molar-refractivity contribution < 1.29 is 4.42 Å². The van der Waals surface area contributed by atoms with E-state index in [1.165, 1.54) is 190 Å². The van der Waals surface area contributed by atoms with Gasteiger partial charge in [-0.15, -0.1) is 11.3 Å². The van der Waals surface area contributed by atoms with Gasteiger partial charge in [0.05, 0.1) is 11.0 Å². The Morgan fingerprint density at radius 3 is 1.20 bits per heavy atom. The Morgan fingerprint density at radius 2 is 0.599 bits per heavy atom. The maximum absolute atomic E-state index is 6.30. The van der Waals surface area contributed by atoms with Gasteiger partial charge in [-0.3, -0.25) is 0 Å². The first-order valence-electron chi connectivity index (χ1n) is 48.4. The summed E-state index contributed by atoms with van der Waals surface area (Å²) in [6, 6.07) is 155. The Balaban J connectivity index is 0.000000109. The molecule has 0 atom stereocenters. The van der Waals surface area contributed by atoms with Gasteiger partial charge in [0.2, 0.25) is 0 Å². The number of nitrogens with zero attached hydrogens (tertiary/aromatic N) is 3. The molecule has 0 N–H and O–H groups in total. The predicted molar refractivity (Wildman–Crippen MR) is 588 cm³/mol. The monoisotopic (exact) mass is 1780 g/mol. The average Bonchev–Trinajstić information content (AvgIpc) is 1.26. The van der Waals surface area contributed by atoms with Gasteiger partial charge in [-0.1, -0.05) is 344 Å². The molecular formula is C132H105N3OS. The standard InChI is InChI=1S/C44H35NO.C44H35NS.C44H35N/c1-43(2)39-16-10-8-14-34(39)38-27-37-29(25-40(38)44(43,3)4)19-18-28-24-31(20-22-33(28)37)45(30-12-6-5-7-13-30)32-21-23-36-35-15-9-11-17-41(35)46-42(36)26-32;1-43(2)39-16-10-8-14-34(39)37-27-36-29(25-40(37)44(43,3)4)19-18-28-24-31(20-22-33(28)36)45(30-12-6-5-7-13-30)32-21-23-42-38(26-32)35-15-9-11-17-41(35)46-42;1-43(2)38-16-10-8-15-35(38)42-34-22-20-28-18-19-29(26-36(28)32(34)23-24-39(42)44(43,3)4)30-21-25-41-37(27-30)33-14-9-11-17-40(33)45(41)31-12-6-5-7-13-31/h2*5-27H,1-4H3;5-27H,1-4H3. The molecule has 3 aliphatic carbocycles. The molecule has 0 unspecified atom stereocenters. The summed E-state index contributed by atoms with van der Waals surface area (Å²) in [5, 5.41) is 22.9. The Labute approximate surface area is 804 Å². The van der Waals surface area contributed by atoms with E-state index in [-0.39, 0.29) is 32.5 Å². The number of benzene rings is 21. The first kappa shape index (κ1) is 83.4. The zero-order chi connectivity index (χ0) is 92.9. The van der Waals surface area contributed by atoms with Crippen LogP contribution in [0.15, 0.2) is 423 Å². The van der Waals surface area contributed by atoms with E-state index in [9.17, 15) is 0 Å². The molecule has 3 aliphatic rings. The number of hydrogen-bond acceptors (Lipinski definition) is 4. The van der Waals surface area contributed by atoms with Crippen molar-refractivity contribution in [3.63, 3.8) is 0 Å². The highest BCUT2D eigenvalue weighted by Gasteiger charge is 2.49. The minimum atomic E-state index is -0.0131. The highest BCUT2D eigenvalue weighted by molar-refractivity contribution is 7.25. The number of anilines is 6. The van der Waals surface area contributed by atoms with Gasteiger partial charge in [-0.2, -0.15) is 0 Å². The summed E-state index contributed by atoms with van der Waals surface area (Å²) in [6.45, 7) is 28.9. The van der Waals surface area contributed by atoms with Crippen molar-refractivity contribution in [3.8, 4) is 50.2 Å². The summed E-state index contributed by atoms with van der Waals surface area (Å²) >= 11 is 1.86. The number of furan rings is 1. The lowest BCUT2D eigenvalue weighted by Crippen LogP contribution is -2.43. The van der Waals surface area contributed by atoms with Crippen LogP contribution in [0.4, 0.5) is 34.1 Å². The molecule has 0 bridgehead atoms.